The summed E-state index contributed by atoms with van der Waals surface area (Å²) in [6.45, 7) is 3.04. The van der Waals surface area contributed by atoms with Gasteiger partial charge in [-0.3, -0.25) is 9.78 Å². The topological polar surface area (TPSA) is 82.5 Å². The quantitative estimate of drug-likeness (QED) is 0.517. The fourth-order valence-electron chi connectivity index (χ4n) is 3.54. The molecule has 0 saturated carbocycles. The molecule has 34 heavy (non-hydrogen) atoms. The van der Waals surface area contributed by atoms with Gasteiger partial charge in [-0.15, -0.1) is 0 Å². The first kappa shape index (κ1) is 24.9. The van der Waals surface area contributed by atoms with Crippen LogP contribution in [0.2, 0.25) is 0 Å². The predicted octanol–water partition coefficient (Wildman–Crippen LogP) is 5.03. The van der Waals surface area contributed by atoms with E-state index in [9.17, 15) is 22.4 Å². The van der Waals surface area contributed by atoms with Gasteiger partial charge in [0, 0.05) is 48.2 Å². The molecule has 1 saturated heterocycles. The molecule has 1 aromatic heterocycles. The number of halogens is 4. The van der Waals surface area contributed by atoms with Crippen molar-refractivity contribution >= 4 is 28.3 Å². The Hall–Kier alpha value is -3.69. The maximum absolute atomic E-state index is 13.7. The molecule has 3 aromatic rings. The molecule has 0 aliphatic carbocycles. The van der Waals surface area contributed by atoms with E-state index in [0.29, 0.717) is 30.3 Å². The predicted molar refractivity (Wildman–Crippen MR) is 119 cm³/mol. The largest absolute Gasteiger partial charge is 0.490 e. The average Bonchev–Trinajstić information content (AvgIpc) is 2.80. The molecule has 0 atom stereocenters. The number of nitrogens with zero attached hydrogens (tertiary/aromatic N) is 2. The number of carboxylic acid groups (broad SMARTS) is 1. The molecule has 6 nitrogen and oxygen atoms in total. The van der Waals surface area contributed by atoms with Gasteiger partial charge >= 0.3 is 12.1 Å². The molecule has 10 heteroatoms. The molecule has 180 valence electrons. The maximum Gasteiger partial charge on any atom is 0.490 e. The van der Waals surface area contributed by atoms with E-state index in [1.54, 1.807) is 25.3 Å². The van der Waals surface area contributed by atoms with Crippen molar-refractivity contribution in [1.29, 1.82) is 0 Å². The summed E-state index contributed by atoms with van der Waals surface area (Å²) in [5.41, 5.74) is 2.06. The number of hydrogen-bond acceptors (Lipinski definition) is 4. The Bertz CT molecular complexity index is 1180. The van der Waals surface area contributed by atoms with Gasteiger partial charge in [0.25, 0.3) is 5.91 Å². The molecule has 1 amide bonds. The van der Waals surface area contributed by atoms with Crippen LogP contribution in [-0.2, 0) is 4.79 Å². The number of aryl methyl sites for hydroxylation is 1. The summed E-state index contributed by atoms with van der Waals surface area (Å²) < 4.78 is 45.5. The van der Waals surface area contributed by atoms with Crippen LogP contribution in [0.1, 0.15) is 28.8 Å². The number of rotatable bonds is 3. The monoisotopic (exact) mass is 477 g/mol. The molecule has 0 bridgehead atoms. The number of alkyl halides is 3. The summed E-state index contributed by atoms with van der Waals surface area (Å²) in [6, 6.07) is 13.3. The molecular formula is C24H23F4N3O3. The van der Waals surface area contributed by atoms with E-state index in [-0.39, 0.29) is 11.7 Å². The minimum Gasteiger partial charge on any atom is -0.475 e. The number of aromatic nitrogens is 1. The van der Waals surface area contributed by atoms with E-state index in [0.717, 1.165) is 29.3 Å². The summed E-state index contributed by atoms with van der Waals surface area (Å²) in [5, 5.41) is 13.0. The number of fused-ring (bicyclic) bond motifs is 1. The molecule has 0 spiro atoms. The molecule has 2 N–H and O–H groups in total. The van der Waals surface area contributed by atoms with Crippen molar-refractivity contribution in [3.05, 3.63) is 71.8 Å². The SMILES string of the molecule is Cc1ccc(C(=O)N2CCC(Nc3ccc4cnccc4c3)CC2)cc1F.O=C(O)C(F)(F)F. The maximum atomic E-state index is 13.7. The van der Waals surface area contributed by atoms with Crippen LogP contribution < -0.4 is 5.32 Å². The molecule has 0 radical (unpaired) electrons. The standard InChI is InChI=1S/C22H22FN3O.C2HF3O2/c1-15-2-3-17(13-21(15)23)22(27)26-10-7-19(8-11-26)25-20-5-4-18-14-24-9-6-16(18)12-20;3-2(4,5)1(6)7/h2-6,9,12-14,19,25H,7-8,10-11H2,1H3;(H,6,7). The average molecular weight is 477 g/mol. The molecule has 1 aliphatic heterocycles. The van der Waals surface area contributed by atoms with Crippen molar-refractivity contribution < 1.29 is 32.3 Å². The lowest BCUT2D eigenvalue weighted by Crippen LogP contribution is -2.42. The zero-order valence-corrected chi connectivity index (χ0v) is 18.3. The van der Waals surface area contributed by atoms with Gasteiger partial charge in [0.1, 0.15) is 5.82 Å². The lowest BCUT2D eigenvalue weighted by atomic mass is 10.0. The van der Waals surface area contributed by atoms with Crippen molar-refractivity contribution in [2.24, 2.45) is 0 Å². The minimum absolute atomic E-state index is 0.0921. The fourth-order valence-corrected chi connectivity index (χ4v) is 3.54. The highest BCUT2D eigenvalue weighted by Crippen LogP contribution is 2.22. The lowest BCUT2D eigenvalue weighted by Gasteiger charge is -2.33. The van der Waals surface area contributed by atoms with Crippen LogP contribution in [0.25, 0.3) is 10.8 Å². The molecule has 0 unspecified atom stereocenters. The molecule has 2 heterocycles. The van der Waals surface area contributed by atoms with Crippen LogP contribution in [-0.4, -0.2) is 52.2 Å². The van der Waals surface area contributed by atoms with Gasteiger partial charge in [0.05, 0.1) is 0 Å². The normalized spacial score (nSPS) is 14.3. The minimum atomic E-state index is -5.08. The third-order valence-corrected chi connectivity index (χ3v) is 5.45. The van der Waals surface area contributed by atoms with E-state index in [1.807, 2.05) is 17.2 Å². The molecule has 1 aliphatic rings. The van der Waals surface area contributed by atoms with Crippen LogP contribution in [0.15, 0.2) is 54.9 Å². The summed E-state index contributed by atoms with van der Waals surface area (Å²) >= 11 is 0. The van der Waals surface area contributed by atoms with Crippen LogP contribution in [0.4, 0.5) is 23.2 Å². The summed E-state index contributed by atoms with van der Waals surface area (Å²) in [7, 11) is 0. The highest BCUT2D eigenvalue weighted by atomic mass is 19.4. The Labute approximate surface area is 193 Å². The number of nitrogens with one attached hydrogen (secondary N) is 1. The number of benzene rings is 2. The van der Waals surface area contributed by atoms with E-state index in [1.165, 1.54) is 6.07 Å². The highest BCUT2D eigenvalue weighted by molar-refractivity contribution is 5.94. The number of carbonyl (C=O) groups is 2. The van der Waals surface area contributed by atoms with E-state index in [4.69, 9.17) is 9.90 Å². The van der Waals surface area contributed by atoms with Gasteiger partial charge in [0.15, 0.2) is 0 Å². The second kappa shape index (κ2) is 10.5. The summed E-state index contributed by atoms with van der Waals surface area (Å²) in [6.07, 6.45) is 0.310. The number of amides is 1. The van der Waals surface area contributed by atoms with Crippen molar-refractivity contribution in [3.63, 3.8) is 0 Å². The van der Waals surface area contributed by atoms with Gasteiger partial charge < -0.3 is 15.3 Å². The Morgan fingerprint density at radius 2 is 1.74 bits per heavy atom. The number of aliphatic carboxylic acids is 1. The number of carbonyl (C=O) groups excluding carboxylic acids is 1. The molecule has 1 fully saturated rings. The van der Waals surface area contributed by atoms with Gasteiger partial charge in [-0.05, 0) is 61.0 Å². The number of piperidine rings is 1. The number of carboxylic acids is 1. The zero-order valence-electron chi connectivity index (χ0n) is 18.3. The Morgan fingerprint density at radius 1 is 1.06 bits per heavy atom. The fraction of sp³-hybridized carbons (Fsp3) is 0.292. The molecular weight excluding hydrogens is 454 g/mol. The van der Waals surface area contributed by atoms with Crippen molar-refractivity contribution in [2.45, 2.75) is 32.0 Å². The van der Waals surface area contributed by atoms with Crippen molar-refractivity contribution in [3.8, 4) is 0 Å². The van der Waals surface area contributed by atoms with Crippen molar-refractivity contribution in [2.75, 3.05) is 18.4 Å². The summed E-state index contributed by atoms with van der Waals surface area (Å²) in [4.78, 5) is 27.5. The third-order valence-electron chi connectivity index (χ3n) is 5.45. The van der Waals surface area contributed by atoms with Gasteiger partial charge in [-0.25, -0.2) is 9.18 Å². The van der Waals surface area contributed by atoms with Gasteiger partial charge in [-0.2, -0.15) is 13.2 Å². The van der Waals surface area contributed by atoms with Crippen LogP contribution in [0.5, 0.6) is 0 Å². The number of likely N-dealkylation sites (tertiary alicyclic amines) is 1. The molecule has 4 rings (SSSR count). The number of anilines is 1. The molecule has 2 aromatic carbocycles. The van der Waals surface area contributed by atoms with E-state index in [2.05, 4.69) is 28.5 Å². The Kier molecular flexibility index (Phi) is 7.70. The Balaban J connectivity index is 0.000000406. The van der Waals surface area contributed by atoms with E-state index < -0.39 is 12.1 Å². The van der Waals surface area contributed by atoms with E-state index >= 15 is 0 Å². The third kappa shape index (κ3) is 6.43. The Morgan fingerprint density at radius 3 is 2.35 bits per heavy atom. The first-order valence-electron chi connectivity index (χ1n) is 10.5. The second-order valence-corrected chi connectivity index (χ2v) is 7.92. The van der Waals surface area contributed by atoms with Crippen LogP contribution in [0, 0.1) is 12.7 Å². The second-order valence-electron chi connectivity index (χ2n) is 7.92. The van der Waals surface area contributed by atoms with Gasteiger partial charge in [-0.1, -0.05) is 12.1 Å². The highest BCUT2D eigenvalue weighted by Gasteiger charge is 2.38. The van der Waals surface area contributed by atoms with Crippen LogP contribution >= 0.6 is 0 Å². The first-order valence-corrected chi connectivity index (χ1v) is 10.5. The van der Waals surface area contributed by atoms with Crippen molar-refractivity contribution in [1.82, 2.24) is 9.88 Å². The zero-order chi connectivity index (χ0) is 24.9. The lowest BCUT2D eigenvalue weighted by molar-refractivity contribution is -0.192. The van der Waals surface area contributed by atoms with Crippen LogP contribution in [0.3, 0.4) is 0 Å². The first-order chi connectivity index (χ1) is 16.0. The number of pyridine rings is 1. The smallest absolute Gasteiger partial charge is 0.475 e. The van der Waals surface area contributed by atoms with Gasteiger partial charge in [0.2, 0.25) is 0 Å². The number of hydrogen-bond donors (Lipinski definition) is 2. The summed E-state index contributed by atoms with van der Waals surface area (Å²) in [5.74, 6) is -3.18.